The second kappa shape index (κ2) is 10.2. The second-order valence-electron chi connectivity index (χ2n) is 8.47. The first-order valence-electron chi connectivity index (χ1n) is 10.7. The van der Waals surface area contributed by atoms with Gasteiger partial charge in [0, 0.05) is 35.7 Å². The maximum Gasteiger partial charge on any atom is 0.255 e. The summed E-state index contributed by atoms with van der Waals surface area (Å²) >= 11 is 1.86. The van der Waals surface area contributed by atoms with Crippen LogP contribution in [0.5, 0.6) is 0 Å². The van der Waals surface area contributed by atoms with Gasteiger partial charge in [0.2, 0.25) is 0 Å². The smallest absolute Gasteiger partial charge is 0.255 e. The van der Waals surface area contributed by atoms with Crippen molar-refractivity contribution < 1.29 is 9.59 Å². The van der Waals surface area contributed by atoms with Gasteiger partial charge in [-0.2, -0.15) is 11.8 Å². The number of thioether (sulfide) groups is 1. The zero-order valence-corrected chi connectivity index (χ0v) is 19.2. The van der Waals surface area contributed by atoms with Gasteiger partial charge in [0.15, 0.2) is 0 Å². The number of aryl methyl sites for hydroxylation is 1. The molecule has 1 N–H and O–H groups in total. The molecule has 2 amide bonds. The number of rotatable bonds is 6. The SMILES string of the molecule is CCSCc1ccc(C(=O)Nc2cc(C(=O)N3CC(C)CC(C)C3)ccc2C)cc1. The number of likely N-dealkylation sites (tertiary alicyclic amines) is 1. The minimum absolute atomic E-state index is 0.0432. The van der Waals surface area contributed by atoms with Crippen molar-refractivity contribution >= 4 is 29.3 Å². The van der Waals surface area contributed by atoms with Crippen molar-refractivity contribution in [2.75, 3.05) is 24.2 Å². The average Bonchev–Trinajstić information content (AvgIpc) is 2.73. The van der Waals surface area contributed by atoms with E-state index in [-0.39, 0.29) is 11.8 Å². The summed E-state index contributed by atoms with van der Waals surface area (Å²) < 4.78 is 0. The lowest BCUT2D eigenvalue weighted by Gasteiger charge is -2.35. The van der Waals surface area contributed by atoms with Crippen LogP contribution in [0.25, 0.3) is 0 Å². The Hall–Kier alpha value is -2.27. The zero-order valence-electron chi connectivity index (χ0n) is 18.4. The minimum Gasteiger partial charge on any atom is -0.338 e. The van der Waals surface area contributed by atoms with Crippen LogP contribution in [0.15, 0.2) is 42.5 Å². The van der Waals surface area contributed by atoms with Gasteiger partial charge in [-0.05, 0) is 66.3 Å². The van der Waals surface area contributed by atoms with Gasteiger partial charge in [0.1, 0.15) is 0 Å². The fraction of sp³-hybridized carbons (Fsp3) is 0.440. The molecule has 30 heavy (non-hydrogen) atoms. The molecule has 1 fully saturated rings. The first kappa shape index (κ1) is 22.4. The number of carbonyl (C=O) groups is 2. The van der Waals surface area contributed by atoms with Crippen LogP contribution in [0.4, 0.5) is 5.69 Å². The van der Waals surface area contributed by atoms with Crippen molar-refractivity contribution in [3.63, 3.8) is 0 Å². The summed E-state index contributed by atoms with van der Waals surface area (Å²) in [5.74, 6) is 2.95. The van der Waals surface area contributed by atoms with Gasteiger partial charge >= 0.3 is 0 Å². The molecule has 2 aromatic rings. The highest BCUT2D eigenvalue weighted by Crippen LogP contribution is 2.25. The Morgan fingerprint density at radius 2 is 1.67 bits per heavy atom. The fourth-order valence-electron chi connectivity index (χ4n) is 4.07. The third kappa shape index (κ3) is 5.66. The van der Waals surface area contributed by atoms with E-state index in [1.807, 2.05) is 66.1 Å². The molecule has 0 spiro atoms. The van der Waals surface area contributed by atoms with Crippen LogP contribution >= 0.6 is 11.8 Å². The zero-order chi connectivity index (χ0) is 21.7. The summed E-state index contributed by atoms with van der Waals surface area (Å²) in [6, 6.07) is 13.3. The average molecular weight is 425 g/mol. The van der Waals surface area contributed by atoms with E-state index in [1.165, 1.54) is 5.56 Å². The van der Waals surface area contributed by atoms with Crippen molar-refractivity contribution in [2.24, 2.45) is 11.8 Å². The van der Waals surface area contributed by atoms with E-state index in [4.69, 9.17) is 0 Å². The Bertz CT molecular complexity index is 885. The summed E-state index contributed by atoms with van der Waals surface area (Å²) in [4.78, 5) is 27.7. The van der Waals surface area contributed by atoms with Gasteiger partial charge in [0.25, 0.3) is 11.8 Å². The normalized spacial score (nSPS) is 18.9. The Morgan fingerprint density at radius 1 is 1.03 bits per heavy atom. The maximum absolute atomic E-state index is 13.0. The van der Waals surface area contributed by atoms with Gasteiger partial charge in [-0.3, -0.25) is 9.59 Å². The van der Waals surface area contributed by atoms with Crippen molar-refractivity contribution in [3.8, 4) is 0 Å². The van der Waals surface area contributed by atoms with Crippen LogP contribution in [-0.2, 0) is 5.75 Å². The van der Waals surface area contributed by atoms with E-state index < -0.39 is 0 Å². The van der Waals surface area contributed by atoms with Crippen LogP contribution in [0.2, 0.25) is 0 Å². The van der Waals surface area contributed by atoms with E-state index in [2.05, 4.69) is 26.1 Å². The van der Waals surface area contributed by atoms with Crippen LogP contribution in [0.3, 0.4) is 0 Å². The summed E-state index contributed by atoms with van der Waals surface area (Å²) in [6.45, 7) is 10.1. The Balaban J connectivity index is 1.72. The van der Waals surface area contributed by atoms with Gasteiger partial charge in [0.05, 0.1) is 0 Å². The van der Waals surface area contributed by atoms with Crippen LogP contribution in [0, 0.1) is 18.8 Å². The van der Waals surface area contributed by atoms with E-state index in [0.29, 0.717) is 28.7 Å². The number of nitrogens with one attached hydrogen (secondary N) is 1. The van der Waals surface area contributed by atoms with Gasteiger partial charge in [-0.25, -0.2) is 0 Å². The predicted octanol–water partition coefficient (Wildman–Crippen LogP) is 5.62. The Labute approximate surface area is 184 Å². The van der Waals surface area contributed by atoms with Gasteiger partial charge < -0.3 is 10.2 Å². The standard InChI is InChI=1S/C25H32N2O2S/c1-5-30-16-20-7-10-21(11-8-20)24(28)26-23-13-22(9-6-19(23)4)25(29)27-14-17(2)12-18(3)15-27/h6-11,13,17-18H,5,12,14-16H2,1-4H3,(H,26,28). The molecular weight excluding hydrogens is 392 g/mol. The number of anilines is 1. The molecule has 0 aliphatic carbocycles. The maximum atomic E-state index is 13.0. The van der Waals surface area contributed by atoms with Crippen molar-refractivity contribution in [2.45, 2.75) is 39.9 Å². The van der Waals surface area contributed by atoms with E-state index in [0.717, 1.165) is 36.6 Å². The second-order valence-corrected chi connectivity index (χ2v) is 9.75. The highest BCUT2D eigenvalue weighted by atomic mass is 32.2. The van der Waals surface area contributed by atoms with E-state index in [9.17, 15) is 9.59 Å². The number of carbonyl (C=O) groups excluding carboxylic acids is 2. The van der Waals surface area contributed by atoms with Crippen molar-refractivity contribution in [3.05, 3.63) is 64.7 Å². The molecule has 0 radical (unpaired) electrons. The van der Waals surface area contributed by atoms with Crippen molar-refractivity contribution in [1.29, 1.82) is 0 Å². The molecule has 0 aromatic heterocycles. The molecule has 1 saturated heterocycles. The molecule has 1 aliphatic rings. The summed E-state index contributed by atoms with van der Waals surface area (Å²) in [5, 5.41) is 2.99. The van der Waals surface area contributed by atoms with Crippen LogP contribution in [0.1, 0.15) is 59.0 Å². The number of hydrogen-bond acceptors (Lipinski definition) is 3. The molecule has 2 unspecified atom stereocenters. The lowest BCUT2D eigenvalue weighted by molar-refractivity contribution is 0.0623. The molecule has 1 aliphatic heterocycles. The first-order chi connectivity index (χ1) is 14.4. The molecular formula is C25H32N2O2S. The third-order valence-electron chi connectivity index (χ3n) is 5.58. The largest absolute Gasteiger partial charge is 0.338 e. The summed E-state index contributed by atoms with van der Waals surface area (Å²) in [6.07, 6.45) is 1.16. The lowest BCUT2D eigenvalue weighted by Crippen LogP contribution is -2.42. The first-order valence-corrected chi connectivity index (χ1v) is 11.9. The van der Waals surface area contributed by atoms with Gasteiger partial charge in [-0.1, -0.05) is 39.0 Å². The van der Waals surface area contributed by atoms with E-state index >= 15 is 0 Å². The molecule has 5 heteroatoms. The summed E-state index contributed by atoms with van der Waals surface area (Å²) in [7, 11) is 0. The van der Waals surface area contributed by atoms with Gasteiger partial charge in [-0.15, -0.1) is 0 Å². The lowest BCUT2D eigenvalue weighted by atomic mass is 9.91. The molecule has 1 heterocycles. The third-order valence-corrected chi connectivity index (χ3v) is 6.52. The molecule has 0 saturated carbocycles. The number of hydrogen-bond donors (Lipinski definition) is 1. The fourth-order valence-corrected chi connectivity index (χ4v) is 4.70. The molecule has 2 aromatic carbocycles. The number of nitrogens with zero attached hydrogens (tertiary/aromatic N) is 1. The molecule has 3 rings (SSSR count). The summed E-state index contributed by atoms with van der Waals surface area (Å²) in [5.41, 5.74) is 4.09. The van der Waals surface area contributed by atoms with Crippen LogP contribution < -0.4 is 5.32 Å². The topological polar surface area (TPSA) is 49.4 Å². The number of piperidine rings is 1. The van der Waals surface area contributed by atoms with Crippen LogP contribution in [-0.4, -0.2) is 35.6 Å². The quantitative estimate of drug-likeness (QED) is 0.655. The minimum atomic E-state index is -0.155. The monoisotopic (exact) mass is 424 g/mol. The Kier molecular flexibility index (Phi) is 7.59. The highest BCUT2D eigenvalue weighted by Gasteiger charge is 2.26. The van der Waals surface area contributed by atoms with Crippen molar-refractivity contribution in [1.82, 2.24) is 4.90 Å². The molecule has 2 atom stereocenters. The highest BCUT2D eigenvalue weighted by molar-refractivity contribution is 7.98. The van der Waals surface area contributed by atoms with E-state index in [1.54, 1.807) is 0 Å². The molecule has 4 nitrogen and oxygen atoms in total. The molecule has 0 bridgehead atoms. The molecule has 160 valence electrons. The predicted molar refractivity (Wildman–Crippen MR) is 126 cm³/mol. The number of amides is 2. The Morgan fingerprint density at radius 3 is 2.30 bits per heavy atom. The number of benzene rings is 2.